The normalized spacial score (nSPS) is 16.0. The second-order valence-electron chi connectivity index (χ2n) is 8.01. The molecule has 2 aromatic rings. The Labute approximate surface area is 192 Å². The van der Waals surface area contributed by atoms with Crippen molar-refractivity contribution in [2.75, 3.05) is 19.6 Å². The smallest absolute Gasteiger partial charge is 0.475 e. The summed E-state index contributed by atoms with van der Waals surface area (Å²) in [6.07, 6.45) is 0.940. The molecule has 5 nitrogen and oxygen atoms in total. The van der Waals surface area contributed by atoms with Crippen molar-refractivity contribution in [3.8, 4) is 0 Å². The van der Waals surface area contributed by atoms with Crippen LogP contribution in [0.25, 0.3) is 0 Å². The van der Waals surface area contributed by atoms with Gasteiger partial charge in [-0.3, -0.25) is 9.69 Å². The molecule has 0 aliphatic carbocycles. The second kappa shape index (κ2) is 13.6. The Morgan fingerprint density at radius 1 is 0.970 bits per heavy atom. The van der Waals surface area contributed by atoms with Crippen LogP contribution in [0.15, 0.2) is 60.7 Å². The fraction of sp³-hybridized carbons (Fsp3) is 0.440. The molecule has 0 radical (unpaired) electrons. The van der Waals surface area contributed by atoms with Crippen LogP contribution < -0.4 is 5.32 Å². The summed E-state index contributed by atoms with van der Waals surface area (Å²) in [5.74, 6) is -2.57. The molecule has 1 saturated heterocycles. The van der Waals surface area contributed by atoms with Crippen LogP contribution in [0.3, 0.4) is 0 Å². The highest BCUT2D eigenvalue weighted by molar-refractivity contribution is 5.75. The summed E-state index contributed by atoms with van der Waals surface area (Å²) in [7, 11) is 0. The number of carboxylic acid groups (broad SMARTS) is 1. The topological polar surface area (TPSA) is 69.6 Å². The first-order chi connectivity index (χ1) is 15.8. The molecule has 1 aliphatic heterocycles. The Balaban J connectivity index is 0.000000479. The van der Waals surface area contributed by atoms with Gasteiger partial charge in [-0.15, -0.1) is 0 Å². The minimum atomic E-state index is -5.08. The van der Waals surface area contributed by atoms with Crippen LogP contribution in [0, 0.1) is 0 Å². The molecule has 1 fully saturated rings. The molecule has 0 unspecified atom stereocenters. The Morgan fingerprint density at radius 3 is 2.06 bits per heavy atom. The van der Waals surface area contributed by atoms with E-state index in [4.69, 9.17) is 9.90 Å². The molecule has 1 atom stereocenters. The van der Waals surface area contributed by atoms with Gasteiger partial charge in [-0.1, -0.05) is 60.7 Å². The highest BCUT2D eigenvalue weighted by Gasteiger charge is 2.38. The van der Waals surface area contributed by atoms with Gasteiger partial charge < -0.3 is 10.4 Å². The predicted molar refractivity (Wildman–Crippen MR) is 121 cm³/mol. The van der Waals surface area contributed by atoms with Gasteiger partial charge in [-0.25, -0.2) is 4.79 Å². The number of halogens is 3. The van der Waals surface area contributed by atoms with Crippen molar-refractivity contribution in [1.29, 1.82) is 0 Å². The predicted octanol–water partition coefficient (Wildman–Crippen LogP) is 4.47. The molecule has 1 amide bonds. The number of nitrogens with zero attached hydrogens (tertiary/aromatic N) is 1. The summed E-state index contributed by atoms with van der Waals surface area (Å²) in [4.78, 5) is 23.6. The van der Waals surface area contributed by atoms with E-state index in [-0.39, 0.29) is 5.91 Å². The van der Waals surface area contributed by atoms with Crippen molar-refractivity contribution in [2.45, 2.75) is 50.7 Å². The van der Waals surface area contributed by atoms with E-state index >= 15 is 0 Å². The number of amides is 1. The summed E-state index contributed by atoms with van der Waals surface area (Å²) >= 11 is 0. The fourth-order valence-corrected chi connectivity index (χ4v) is 3.76. The summed E-state index contributed by atoms with van der Waals surface area (Å²) in [5.41, 5.74) is 2.70. The summed E-state index contributed by atoms with van der Waals surface area (Å²) in [6, 6.07) is 21.5. The van der Waals surface area contributed by atoms with E-state index in [1.165, 1.54) is 24.0 Å². The molecule has 0 saturated carbocycles. The number of nitrogens with one attached hydrogen (secondary N) is 1. The van der Waals surface area contributed by atoms with E-state index < -0.39 is 12.1 Å². The maximum Gasteiger partial charge on any atom is 0.490 e. The highest BCUT2D eigenvalue weighted by atomic mass is 19.4. The number of alkyl halides is 3. The van der Waals surface area contributed by atoms with Crippen LogP contribution in [0.1, 0.15) is 36.8 Å². The lowest BCUT2D eigenvalue weighted by Gasteiger charge is -2.24. The zero-order valence-corrected chi connectivity index (χ0v) is 18.6. The van der Waals surface area contributed by atoms with Crippen molar-refractivity contribution >= 4 is 11.9 Å². The second-order valence-corrected chi connectivity index (χ2v) is 8.01. The molecule has 180 valence electrons. The summed E-state index contributed by atoms with van der Waals surface area (Å²) < 4.78 is 31.7. The van der Waals surface area contributed by atoms with Crippen LogP contribution in [0.5, 0.6) is 0 Å². The molecular formula is C25H31F3N2O3. The van der Waals surface area contributed by atoms with Gasteiger partial charge in [0.05, 0.1) is 0 Å². The molecule has 3 rings (SSSR count). The average Bonchev–Trinajstić information content (AvgIpc) is 3.25. The summed E-state index contributed by atoms with van der Waals surface area (Å²) in [6.45, 7) is 3.03. The first kappa shape index (κ1) is 26.4. The van der Waals surface area contributed by atoms with Crippen molar-refractivity contribution in [3.05, 3.63) is 71.8 Å². The number of carboxylic acids is 1. The number of benzene rings is 2. The molecule has 8 heteroatoms. The van der Waals surface area contributed by atoms with Gasteiger partial charge in [0.25, 0.3) is 0 Å². The maximum absolute atomic E-state index is 12.1. The number of carbonyl (C=O) groups excluding carboxylic acids is 1. The largest absolute Gasteiger partial charge is 0.490 e. The first-order valence-electron chi connectivity index (χ1n) is 11.1. The van der Waals surface area contributed by atoms with E-state index in [0.29, 0.717) is 12.5 Å². The quantitative estimate of drug-likeness (QED) is 0.575. The van der Waals surface area contributed by atoms with Gasteiger partial charge in [-0.05, 0) is 49.8 Å². The number of hydrogen-bond acceptors (Lipinski definition) is 3. The number of carbonyl (C=O) groups is 2. The molecule has 2 N–H and O–H groups in total. The minimum Gasteiger partial charge on any atom is -0.475 e. The standard InChI is InChI=1S/C23H30N2O.C2HF3O2/c26-23(15-7-13-20-9-3-1-4-10-20)24-19-22-14-8-17-25(22)18-16-21-11-5-2-6-12-21;3-2(4,5)1(6)7/h1-6,9-12,22H,7-8,13-19H2,(H,24,26);(H,6,7)/t22-;/m1./s1. The number of aliphatic carboxylic acids is 1. The lowest BCUT2D eigenvalue weighted by atomic mass is 10.1. The maximum atomic E-state index is 12.1. The van der Waals surface area contributed by atoms with Crippen molar-refractivity contribution < 1.29 is 27.9 Å². The third kappa shape index (κ3) is 10.5. The molecular weight excluding hydrogens is 433 g/mol. The fourth-order valence-electron chi connectivity index (χ4n) is 3.76. The Kier molecular flexibility index (Phi) is 10.9. The van der Waals surface area contributed by atoms with Crippen LogP contribution in [-0.4, -0.2) is 53.7 Å². The SMILES string of the molecule is O=C(CCCc1ccccc1)NC[C@H]1CCCN1CCc1ccccc1.O=C(O)C(F)(F)F. The minimum absolute atomic E-state index is 0.191. The van der Waals surface area contributed by atoms with Crippen LogP contribution in [-0.2, 0) is 22.4 Å². The lowest BCUT2D eigenvalue weighted by Crippen LogP contribution is -2.41. The van der Waals surface area contributed by atoms with Gasteiger partial charge in [0.2, 0.25) is 5.91 Å². The average molecular weight is 465 g/mol. The van der Waals surface area contributed by atoms with Gasteiger partial charge in [0.15, 0.2) is 0 Å². The number of hydrogen-bond donors (Lipinski definition) is 2. The Bertz CT molecular complexity index is 845. The molecule has 1 heterocycles. The summed E-state index contributed by atoms with van der Waals surface area (Å²) in [5, 5.41) is 10.3. The van der Waals surface area contributed by atoms with E-state index in [1.807, 2.05) is 6.07 Å². The molecule has 0 bridgehead atoms. The number of likely N-dealkylation sites (tertiary alicyclic amines) is 1. The third-order valence-electron chi connectivity index (χ3n) is 5.52. The van der Waals surface area contributed by atoms with Crippen molar-refractivity contribution in [3.63, 3.8) is 0 Å². The molecule has 33 heavy (non-hydrogen) atoms. The molecule has 0 spiro atoms. The van der Waals surface area contributed by atoms with E-state index in [9.17, 15) is 18.0 Å². The van der Waals surface area contributed by atoms with Crippen molar-refractivity contribution in [1.82, 2.24) is 10.2 Å². The van der Waals surface area contributed by atoms with E-state index in [1.54, 1.807) is 0 Å². The van der Waals surface area contributed by atoms with Crippen LogP contribution >= 0.6 is 0 Å². The van der Waals surface area contributed by atoms with Crippen molar-refractivity contribution in [2.24, 2.45) is 0 Å². The molecule has 2 aromatic carbocycles. The first-order valence-corrected chi connectivity index (χ1v) is 11.1. The monoisotopic (exact) mass is 464 g/mol. The molecule has 0 aromatic heterocycles. The number of aryl methyl sites for hydroxylation is 1. The Hall–Kier alpha value is -2.87. The van der Waals surface area contributed by atoms with Gasteiger partial charge in [0.1, 0.15) is 0 Å². The Morgan fingerprint density at radius 2 is 1.52 bits per heavy atom. The van der Waals surface area contributed by atoms with E-state index in [2.05, 4.69) is 64.8 Å². The van der Waals surface area contributed by atoms with Gasteiger partial charge in [-0.2, -0.15) is 13.2 Å². The lowest BCUT2D eigenvalue weighted by molar-refractivity contribution is -0.192. The third-order valence-corrected chi connectivity index (χ3v) is 5.52. The van der Waals surface area contributed by atoms with Gasteiger partial charge >= 0.3 is 12.1 Å². The van der Waals surface area contributed by atoms with Crippen LogP contribution in [0.2, 0.25) is 0 Å². The zero-order valence-electron chi connectivity index (χ0n) is 18.6. The van der Waals surface area contributed by atoms with Gasteiger partial charge in [0, 0.05) is 25.6 Å². The van der Waals surface area contributed by atoms with E-state index in [0.717, 1.165) is 38.9 Å². The number of rotatable bonds is 9. The zero-order chi connectivity index (χ0) is 24.1. The highest BCUT2D eigenvalue weighted by Crippen LogP contribution is 2.17. The van der Waals surface area contributed by atoms with Crippen LogP contribution in [0.4, 0.5) is 13.2 Å². The molecule has 1 aliphatic rings.